The van der Waals surface area contributed by atoms with E-state index in [1.807, 2.05) is 31.2 Å². The summed E-state index contributed by atoms with van der Waals surface area (Å²) in [6.07, 6.45) is 5.44. The number of hydrogen-bond acceptors (Lipinski definition) is 7. The number of ketones is 1. The molecule has 0 radical (unpaired) electrons. The number of benzene rings is 1. The summed E-state index contributed by atoms with van der Waals surface area (Å²) in [7, 11) is 1.27. The Hall–Kier alpha value is -3.81. The molecule has 8 heteroatoms. The third kappa shape index (κ3) is 8.76. The van der Waals surface area contributed by atoms with E-state index in [9.17, 15) is 19.5 Å². The number of alkyl carbamates (subject to hydrolysis) is 1. The zero-order valence-electron chi connectivity index (χ0n) is 21.7. The van der Waals surface area contributed by atoms with Crippen molar-refractivity contribution >= 4 is 18.0 Å². The Kier molecular flexibility index (Phi) is 10.1. The number of hydrogen-bond donors (Lipinski definition) is 2. The van der Waals surface area contributed by atoms with Crippen molar-refractivity contribution in [1.29, 1.82) is 0 Å². The highest BCUT2D eigenvalue weighted by Crippen LogP contribution is 2.26. The lowest BCUT2D eigenvalue weighted by atomic mass is 9.98. The molecule has 0 saturated heterocycles. The predicted octanol–water partition coefficient (Wildman–Crippen LogP) is 5.81. The number of allylic oxidation sites excluding steroid dienone is 2. The number of methoxy groups -OCH3 is 1. The average molecular weight is 498 g/mol. The van der Waals surface area contributed by atoms with Crippen molar-refractivity contribution in [3.63, 3.8) is 0 Å². The smallest absolute Gasteiger partial charge is 0.410 e. The Labute approximate surface area is 211 Å². The molecule has 0 aliphatic carbocycles. The Balaban J connectivity index is 2.08. The van der Waals surface area contributed by atoms with Crippen molar-refractivity contribution < 1.29 is 28.6 Å². The fraction of sp³-hybridized carbons (Fsp3) is 0.393. The van der Waals surface area contributed by atoms with Gasteiger partial charge in [-0.2, -0.15) is 0 Å². The standard InChI is InChI=1S/C28H35NO7/c1-18(9-7-8-14-29-27(33)34-6)23-16-22(30)24(26(32)36-23)25(31)19(2)15-20-10-12-21(13-11-20)35-17-28(3,4)5/h8,10-16,18,30H,7,9,17H2,1-6H3,(H,29,33)/b14-8+,19-15+. The van der Waals surface area contributed by atoms with E-state index in [2.05, 4.69) is 30.8 Å². The topological polar surface area (TPSA) is 115 Å². The molecule has 1 atom stereocenters. The van der Waals surface area contributed by atoms with Crippen LogP contribution in [0.1, 0.15) is 75.1 Å². The first kappa shape index (κ1) is 28.4. The van der Waals surface area contributed by atoms with Gasteiger partial charge in [0.1, 0.15) is 22.8 Å². The van der Waals surface area contributed by atoms with Crippen molar-refractivity contribution in [2.24, 2.45) is 5.41 Å². The molecule has 1 unspecified atom stereocenters. The van der Waals surface area contributed by atoms with E-state index >= 15 is 0 Å². The molecule has 2 N–H and O–H groups in total. The third-order valence-electron chi connectivity index (χ3n) is 5.23. The maximum Gasteiger partial charge on any atom is 0.410 e. The zero-order chi connectivity index (χ0) is 26.9. The minimum absolute atomic E-state index is 0.0399. The molecular formula is C28H35NO7. The van der Waals surface area contributed by atoms with Crippen molar-refractivity contribution in [3.05, 3.63) is 75.5 Å². The molecule has 1 aromatic carbocycles. The van der Waals surface area contributed by atoms with Gasteiger partial charge >= 0.3 is 11.7 Å². The fourth-order valence-electron chi connectivity index (χ4n) is 3.18. The van der Waals surface area contributed by atoms with Gasteiger partial charge in [-0.05, 0) is 54.5 Å². The molecule has 1 heterocycles. The summed E-state index contributed by atoms with van der Waals surface area (Å²) in [6.45, 7) is 10.2. The molecule has 0 bridgehead atoms. The summed E-state index contributed by atoms with van der Waals surface area (Å²) in [5, 5.41) is 12.9. The van der Waals surface area contributed by atoms with Gasteiger partial charge in [0.05, 0.1) is 13.7 Å². The number of ether oxygens (including phenoxy) is 2. The lowest BCUT2D eigenvalue weighted by Crippen LogP contribution is -2.17. The quantitative estimate of drug-likeness (QED) is 0.314. The van der Waals surface area contributed by atoms with Crippen molar-refractivity contribution in [2.75, 3.05) is 13.7 Å². The summed E-state index contributed by atoms with van der Waals surface area (Å²) in [6, 6.07) is 8.58. The number of rotatable bonds is 10. The highest BCUT2D eigenvalue weighted by molar-refractivity contribution is 6.12. The summed E-state index contributed by atoms with van der Waals surface area (Å²) in [4.78, 5) is 36.5. The van der Waals surface area contributed by atoms with Gasteiger partial charge < -0.3 is 19.0 Å². The largest absolute Gasteiger partial charge is 0.507 e. The van der Waals surface area contributed by atoms with Gasteiger partial charge in [0.25, 0.3) is 0 Å². The van der Waals surface area contributed by atoms with Crippen LogP contribution in [0.2, 0.25) is 0 Å². The second-order valence-electron chi connectivity index (χ2n) is 9.79. The minimum atomic E-state index is -0.886. The van der Waals surface area contributed by atoms with Crippen LogP contribution in [0.15, 0.2) is 57.4 Å². The maximum absolute atomic E-state index is 12.9. The number of nitrogens with one attached hydrogen (secondary N) is 1. The summed E-state index contributed by atoms with van der Waals surface area (Å²) in [5.74, 6) is -0.226. The van der Waals surface area contributed by atoms with Crippen molar-refractivity contribution in [1.82, 2.24) is 5.32 Å². The Morgan fingerprint density at radius 3 is 2.44 bits per heavy atom. The number of aromatic hydroxyl groups is 1. The third-order valence-corrected chi connectivity index (χ3v) is 5.23. The molecule has 1 aromatic heterocycles. The molecule has 0 saturated carbocycles. The average Bonchev–Trinajstić information content (AvgIpc) is 2.81. The molecule has 0 spiro atoms. The van der Waals surface area contributed by atoms with Gasteiger partial charge in [0.15, 0.2) is 5.78 Å². The van der Waals surface area contributed by atoms with Crippen LogP contribution in [0.25, 0.3) is 6.08 Å². The molecule has 1 amide bonds. The first-order valence-corrected chi connectivity index (χ1v) is 11.7. The van der Waals surface area contributed by atoms with E-state index in [0.717, 1.165) is 11.3 Å². The van der Waals surface area contributed by atoms with Crippen LogP contribution < -0.4 is 15.7 Å². The SMILES string of the molecule is COC(=O)N/C=C/CCC(C)c1cc(O)c(C(=O)/C(C)=C/c2ccc(OCC(C)(C)C)cc2)c(=O)o1. The number of Topliss-reactive ketones (excluding diaryl/α,β-unsaturated/α-hetero) is 1. The molecule has 8 nitrogen and oxygen atoms in total. The van der Waals surface area contributed by atoms with Crippen molar-refractivity contribution in [3.8, 4) is 11.5 Å². The first-order valence-electron chi connectivity index (χ1n) is 11.7. The van der Waals surface area contributed by atoms with E-state index in [1.165, 1.54) is 19.4 Å². The normalized spacial score (nSPS) is 12.9. The predicted molar refractivity (Wildman–Crippen MR) is 138 cm³/mol. The van der Waals surface area contributed by atoms with E-state index in [0.29, 0.717) is 19.4 Å². The highest BCUT2D eigenvalue weighted by atomic mass is 16.5. The van der Waals surface area contributed by atoms with E-state index in [-0.39, 0.29) is 22.7 Å². The van der Waals surface area contributed by atoms with Gasteiger partial charge in [-0.1, -0.05) is 45.9 Å². The Morgan fingerprint density at radius 1 is 1.19 bits per heavy atom. The second kappa shape index (κ2) is 12.8. The Morgan fingerprint density at radius 2 is 1.86 bits per heavy atom. The van der Waals surface area contributed by atoms with E-state index in [1.54, 1.807) is 19.1 Å². The second-order valence-corrected chi connectivity index (χ2v) is 9.79. The molecule has 194 valence electrons. The van der Waals surface area contributed by atoms with Crippen LogP contribution in [-0.4, -0.2) is 30.7 Å². The van der Waals surface area contributed by atoms with E-state index in [4.69, 9.17) is 9.15 Å². The van der Waals surface area contributed by atoms with Crippen LogP contribution in [-0.2, 0) is 4.74 Å². The van der Waals surface area contributed by atoms with Crippen molar-refractivity contribution in [2.45, 2.75) is 53.4 Å². The molecule has 36 heavy (non-hydrogen) atoms. The van der Waals surface area contributed by atoms with Crippen LogP contribution >= 0.6 is 0 Å². The van der Waals surface area contributed by atoms with Crippen LogP contribution in [0.5, 0.6) is 11.5 Å². The van der Waals surface area contributed by atoms with Crippen LogP contribution in [0, 0.1) is 5.41 Å². The summed E-state index contributed by atoms with van der Waals surface area (Å²) >= 11 is 0. The molecule has 0 aliphatic rings. The Bertz CT molecular complexity index is 1170. The zero-order valence-corrected chi connectivity index (χ0v) is 21.7. The first-order chi connectivity index (χ1) is 16.9. The summed E-state index contributed by atoms with van der Waals surface area (Å²) in [5.41, 5.74) is -0.202. The molecule has 2 aromatic rings. The molecule has 0 fully saturated rings. The minimum Gasteiger partial charge on any atom is -0.507 e. The number of carbonyl (C=O) groups excluding carboxylic acids is 2. The molecular weight excluding hydrogens is 462 g/mol. The van der Waals surface area contributed by atoms with Gasteiger partial charge in [0, 0.05) is 18.2 Å². The summed E-state index contributed by atoms with van der Waals surface area (Å²) < 4.78 is 15.6. The lowest BCUT2D eigenvalue weighted by molar-refractivity contribution is 0.102. The van der Waals surface area contributed by atoms with Crippen LogP contribution in [0.3, 0.4) is 0 Å². The highest BCUT2D eigenvalue weighted by Gasteiger charge is 2.22. The number of amides is 1. The lowest BCUT2D eigenvalue weighted by Gasteiger charge is -2.18. The van der Waals surface area contributed by atoms with Gasteiger partial charge in [-0.3, -0.25) is 10.1 Å². The maximum atomic E-state index is 12.9. The number of carbonyl (C=O) groups is 2. The fourth-order valence-corrected chi connectivity index (χ4v) is 3.18. The van der Waals surface area contributed by atoms with Gasteiger partial charge in [-0.15, -0.1) is 0 Å². The molecule has 2 rings (SSSR count). The van der Waals surface area contributed by atoms with E-state index < -0.39 is 28.8 Å². The van der Waals surface area contributed by atoms with Gasteiger partial charge in [-0.25, -0.2) is 9.59 Å². The molecule has 0 aliphatic heterocycles. The van der Waals surface area contributed by atoms with Crippen LogP contribution in [0.4, 0.5) is 4.79 Å². The van der Waals surface area contributed by atoms with Gasteiger partial charge in [0.2, 0.25) is 0 Å². The monoisotopic (exact) mass is 497 g/mol.